The summed E-state index contributed by atoms with van der Waals surface area (Å²) in [4.78, 5) is 12.8. The maximum atomic E-state index is 12.8. The van der Waals surface area contributed by atoms with Crippen molar-refractivity contribution < 1.29 is 20.1 Å². The molecule has 4 fully saturated rings. The van der Waals surface area contributed by atoms with E-state index in [4.69, 9.17) is 0 Å². The molecule has 0 saturated heterocycles. The number of Topliss-reactive ketones (excluding diaryl/α,β-unsaturated/α-hetero) is 1. The molecule has 4 heteroatoms. The summed E-state index contributed by atoms with van der Waals surface area (Å²) in [5, 5.41) is 31.6. The number of hydrogen-bond acceptors (Lipinski definition) is 4. The maximum Gasteiger partial charge on any atom is 0.139 e. The van der Waals surface area contributed by atoms with E-state index in [-0.39, 0.29) is 22.9 Å². The van der Waals surface area contributed by atoms with E-state index in [0.29, 0.717) is 30.5 Å². The maximum absolute atomic E-state index is 12.8. The second-order valence-corrected chi connectivity index (χ2v) is 13.6. The molecule has 0 unspecified atom stereocenters. The lowest BCUT2D eigenvalue weighted by atomic mass is 9.60. The average molecular weight is 527 g/mol. The number of fused-ring (bicyclic) bond motifs is 1. The van der Waals surface area contributed by atoms with Gasteiger partial charge >= 0.3 is 0 Å². The standard InChI is InChI=1S/C34H54O4/c1-5-6-7-12-32(38)34(19-20-34)18-9-11-30(36)24(3)28-15-16-29-25(10-8-17-33(28,29)4)13-14-26-21-27(35)22-31(37)23(26)2/h13-14,24,27-31,35-37H,2,5-12,15-22H2,1,3-4H3/b25-13+,26-14-/t24-,27+,28+,29-,30-,31-,33+/m0/s1. The summed E-state index contributed by atoms with van der Waals surface area (Å²) >= 11 is 0. The van der Waals surface area contributed by atoms with Crippen LogP contribution >= 0.6 is 0 Å². The van der Waals surface area contributed by atoms with Crippen LogP contribution < -0.4 is 0 Å². The van der Waals surface area contributed by atoms with E-state index in [0.717, 1.165) is 81.8 Å². The Labute approximate surface area is 231 Å². The Bertz CT molecular complexity index is 911. The number of aliphatic hydroxyl groups excluding tert-OH is 3. The van der Waals surface area contributed by atoms with E-state index in [9.17, 15) is 20.1 Å². The van der Waals surface area contributed by atoms with Crippen molar-refractivity contribution in [2.45, 2.75) is 142 Å². The molecule has 4 nitrogen and oxygen atoms in total. The Morgan fingerprint density at radius 1 is 1.13 bits per heavy atom. The SMILES string of the molecule is C=C1/C(=C\C=C2/CCC[C@]3(C)[C@@H]([C@H](C)[C@@H](O)CCCC4(C(=O)CCCCC)CC4)CC[C@@H]23)C[C@@H](O)C[C@@H]1O. The summed E-state index contributed by atoms with van der Waals surface area (Å²) in [6.45, 7) is 11.0. The first-order valence-corrected chi connectivity index (χ1v) is 15.8. The highest BCUT2D eigenvalue weighted by Crippen LogP contribution is 2.60. The third-order valence-electron chi connectivity index (χ3n) is 11.2. The second kappa shape index (κ2) is 12.5. The lowest BCUT2D eigenvalue weighted by Gasteiger charge is -2.45. The van der Waals surface area contributed by atoms with Crippen molar-refractivity contribution in [3.63, 3.8) is 0 Å². The van der Waals surface area contributed by atoms with E-state index in [1.54, 1.807) is 0 Å². The third-order valence-corrected chi connectivity index (χ3v) is 11.2. The molecule has 4 aliphatic carbocycles. The van der Waals surface area contributed by atoms with Crippen LogP contribution in [0.1, 0.15) is 124 Å². The quantitative estimate of drug-likeness (QED) is 0.235. The van der Waals surface area contributed by atoms with Gasteiger partial charge in [0.25, 0.3) is 0 Å². The molecule has 0 aromatic heterocycles. The van der Waals surface area contributed by atoms with Crippen LogP contribution in [0, 0.1) is 28.6 Å². The molecule has 0 aromatic rings. The van der Waals surface area contributed by atoms with Gasteiger partial charge in [-0.15, -0.1) is 0 Å². The Balaban J connectivity index is 1.34. The summed E-state index contributed by atoms with van der Waals surface area (Å²) in [6, 6.07) is 0. The summed E-state index contributed by atoms with van der Waals surface area (Å²) in [5.41, 5.74) is 3.39. The minimum atomic E-state index is -0.646. The second-order valence-electron chi connectivity index (χ2n) is 13.6. The average Bonchev–Trinajstić information content (AvgIpc) is 3.59. The highest BCUT2D eigenvalue weighted by atomic mass is 16.3. The molecular formula is C34H54O4. The zero-order chi connectivity index (χ0) is 27.5. The molecule has 0 radical (unpaired) electrons. The van der Waals surface area contributed by atoms with Crippen molar-refractivity contribution >= 4 is 5.78 Å². The molecule has 214 valence electrons. The monoisotopic (exact) mass is 526 g/mol. The number of ketones is 1. The summed E-state index contributed by atoms with van der Waals surface area (Å²) in [6.07, 6.45) is 18.7. The van der Waals surface area contributed by atoms with E-state index in [1.165, 1.54) is 24.8 Å². The molecule has 4 saturated carbocycles. The number of unbranched alkanes of at least 4 members (excludes halogenated alkanes) is 2. The van der Waals surface area contributed by atoms with Crippen molar-refractivity contribution in [3.05, 3.63) is 35.5 Å². The summed E-state index contributed by atoms with van der Waals surface area (Å²) < 4.78 is 0. The fourth-order valence-electron chi connectivity index (χ4n) is 8.41. The van der Waals surface area contributed by atoms with Crippen LogP contribution in [0.3, 0.4) is 0 Å². The highest BCUT2D eigenvalue weighted by molar-refractivity contribution is 5.87. The van der Waals surface area contributed by atoms with Crippen molar-refractivity contribution in [1.29, 1.82) is 0 Å². The number of rotatable bonds is 12. The molecule has 0 spiro atoms. The molecule has 0 heterocycles. The summed E-state index contributed by atoms with van der Waals surface area (Å²) in [7, 11) is 0. The zero-order valence-corrected chi connectivity index (χ0v) is 24.4. The topological polar surface area (TPSA) is 77.8 Å². The van der Waals surface area contributed by atoms with Crippen molar-refractivity contribution in [1.82, 2.24) is 0 Å². The van der Waals surface area contributed by atoms with Gasteiger partial charge in [0.05, 0.1) is 18.3 Å². The predicted octanol–water partition coefficient (Wildman–Crippen LogP) is 7.22. The molecule has 0 aliphatic heterocycles. The van der Waals surface area contributed by atoms with Crippen LogP contribution in [-0.4, -0.2) is 39.4 Å². The number of carbonyl (C=O) groups excluding carboxylic acids is 1. The van der Waals surface area contributed by atoms with Crippen LogP contribution in [0.5, 0.6) is 0 Å². The molecule has 38 heavy (non-hydrogen) atoms. The molecule has 0 aromatic carbocycles. The lowest BCUT2D eigenvalue weighted by molar-refractivity contribution is -0.124. The van der Waals surface area contributed by atoms with Gasteiger partial charge in [-0.2, -0.15) is 0 Å². The van der Waals surface area contributed by atoms with E-state index in [1.807, 2.05) is 0 Å². The number of allylic oxidation sites excluding steroid dienone is 3. The largest absolute Gasteiger partial charge is 0.393 e. The normalized spacial score (nSPS) is 36.3. The minimum absolute atomic E-state index is 0.0472. The van der Waals surface area contributed by atoms with Crippen molar-refractivity contribution in [2.24, 2.45) is 28.6 Å². The van der Waals surface area contributed by atoms with Crippen LogP contribution in [-0.2, 0) is 4.79 Å². The first kappa shape index (κ1) is 29.7. The third kappa shape index (κ3) is 6.39. The first-order chi connectivity index (χ1) is 18.1. The van der Waals surface area contributed by atoms with Gasteiger partial charge in [-0.05, 0) is 111 Å². The van der Waals surface area contributed by atoms with E-state index >= 15 is 0 Å². The van der Waals surface area contributed by atoms with Gasteiger partial charge in [0.15, 0.2) is 0 Å². The predicted molar refractivity (Wildman–Crippen MR) is 155 cm³/mol. The molecule has 0 bridgehead atoms. The fourth-order valence-corrected chi connectivity index (χ4v) is 8.41. The molecule has 4 aliphatic rings. The zero-order valence-electron chi connectivity index (χ0n) is 24.4. The lowest BCUT2D eigenvalue weighted by Crippen LogP contribution is -2.39. The smallest absolute Gasteiger partial charge is 0.139 e. The molecule has 0 amide bonds. The van der Waals surface area contributed by atoms with Gasteiger partial charge in [-0.25, -0.2) is 0 Å². The first-order valence-electron chi connectivity index (χ1n) is 15.8. The van der Waals surface area contributed by atoms with Gasteiger partial charge < -0.3 is 15.3 Å². The summed E-state index contributed by atoms with van der Waals surface area (Å²) in [5.74, 6) is 1.80. The van der Waals surface area contributed by atoms with Crippen molar-refractivity contribution in [2.75, 3.05) is 0 Å². The van der Waals surface area contributed by atoms with Crippen molar-refractivity contribution in [3.8, 4) is 0 Å². The van der Waals surface area contributed by atoms with Gasteiger partial charge in [-0.1, -0.05) is 57.9 Å². The van der Waals surface area contributed by atoms with Gasteiger partial charge in [0.2, 0.25) is 0 Å². The van der Waals surface area contributed by atoms with Gasteiger partial charge in [0.1, 0.15) is 5.78 Å². The number of carbonyl (C=O) groups is 1. The molecular weight excluding hydrogens is 472 g/mol. The minimum Gasteiger partial charge on any atom is -0.393 e. The Morgan fingerprint density at radius 3 is 2.61 bits per heavy atom. The fraction of sp³-hybridized carbons (Fsp3) is 0.794. The van der Waals surface area contributed by atoms with Crippen LogP contribution in [0.15, 0.2) is 35.5 Å². The van der Waals surface area contributed by atoms with E-state index < -0.39 is 12.2 Å². The Morgan fingerprint density at radius 2 is 1.89 bits per heavy atom. The Kier molecular flexibility index (Phi) is 9.80. The van der Waals surface area contributed by atoms with Crippen LogP contribution in [0.4, 0.5) is 0 Å². The van der Waals surface area contributed by atoms with Gasteiger partial charge in [0, 0.05) is 18.3 Å². The van der Waals surface area contributed by atoms with Gasteiger partial charge in [-0.3, -0.25) is 4.79 Å². The highest BCUT2D eigenvalue weighted by Gasteiger charge is 2.52. The van der Waals surface area contributed by atoms with Crippen LogP contribution in [0.25, 0.3) is 0 Å². The van der Waals surface area contributed by atoms with E-state index in [2.05, 4.69) is 39.5 Å². The molecule has 3 N–H and O–H groups in total. The van der Waals surface area contributed by atoms with Crippen LogP contribution in [0.2, 0.25) is 0 Å². The Hall–Kier alpha value is -1.23. The number of hydrogen-bond donors (Lipinski definition) is 3. The number of aliphatic hydroxyl groups is 3. The molecule has 4 rings (SSSR count). The molecule has 7 atom stereocenters.